The Hall–Kier alpha value is -2.24. The molecule has 92 valence electrons. The van der Waals surface area contributed by atoms with E-state index in [0.717, 1.165) is 0 Å². The molecule has 0 unspecified atom stereocenters. The summed E-state index contributed by atoms with van der Waals surface area (Å²) in [7, 11) is 3.53. The number of aliphatic carboxylic acids is 1. The van der Waals surface area contributed by atoms with Gasteiger partial charge in [0.25, 0.3) is 0 Å². The summed E-state index contributed by atoms with van der Waals surface area (Å²) in [6.07, 6.45) is 0. The molecule has 6 heteroatoms. The van der Waals surface area contributed by atoms with Gasteiger partial charge in [0.2, 0.25) is 0 Å². The molecule has 0 aliphatic carbocycles. The molecule has 6 nitrogen and oxygen atoms in total. The minimum Gasteiger partial charge on any atom is -0.479 e. The largest absolute Gasteiger partial charge is 0.479 e. The number of carboxylic acids is 1. The Morgan fingerprint density at radius 2 is 2.06 bits per heavy atom. The number of carbonyl (C=O) groups is 2. The lowest BCUT2D eigenvalue weighted by Crippen LogP contribution is -2.18. The number of nitrogen functional groups attached to an aromatic ring is 1. The summed E-state index contributed by atoms with van der Waals surface area (Å²) in [4.78, 5) is 23.7. The van der Waals surface area contributed by atoms with Gasteiger partial charge in [-0.05, 0) is 18.2 Å². The summed E-state index contributed by atoms with van der Waals surface area (Å²) in [6.45, 7) is -0.666. The third-order valence-electron chi connectivity index (χ3n) is 2.05. The molecule has 1 aromatic carbocycles. The highest BCUT2D eigenvalue weighted by atomic mass is 16.5. The lowest BCUT2D eigenvalue weighted by atomic mass is 10.1. The summed E-state index contributed by atoms with van der Waals surface area (Å²) < 4.78 is 4.61. The first kappa shape index (κ1) is 12.8. The van der Waals surface area contributed by atoms with Crippen molar-refractivity contribution in [2.24, 2.45) is 0 Å². The number of hydrogen-bond donors (Lipinski definition) is 2. The average molecular weight is 238 g/mol. The third-order valence-corrected chi connectivity index (χ3v) is 2.05. The smallest absolute Gasteiger partial charge is 0.341 e. The lowest BCUT2D eigenvalue weighted by Gasteiger charge is -2.16. The van der Waals surface area contributed by atoms with Crippen molar-refractivity contribution in [1.82, 2.24) is 0 Å². The van der Waals surface area contributed by atoms with Crippen molar-refractivity contribution in [3.05, 3.63) is 23.8 Å². The molecule has 0 aromatic heterocycles. The SMILES string of the molecule is CN(C)c1ccc(N)cc1C(=O)OCC(=O)O. The first-order valence-corrected chi connectivity index (χ1v) is 4.87. The van der Waals surface area contributed by atoms with Crippen LogP contribution in [0.3, 0.4) is 0 Å². The van der Waals surface area contributed by atoms with Crippen LogP contribution < -0.4 is 10.6 Å². The highest BCUT2D eigenvalue weighted by molar-refractivity contribution is 5.97. The number of rotatable bonds is 4. The maximum atomic E-state index is 11.7. The minimum atomic E-state index is -1.20. The standard InChI is InChI=1S/C11H14N2O4/c1-13(2)9-4-3-7(12)5-8(9)11(16)17-6-10(14)15/h3-5H,6,12H2,1-2H3,(H,14,15). The molecule has 0 heterocycles. The summed E-state index contributed by atoms with van der Waals surface area (Å²) in [5.41, 5.74) is 6.86. The van der Waals surface area contributed by atoms with Crippen molar-refractivity contribution in [2.45, 2.75) is 0 Å². The van der Waals surface area contributed by atoms with Gasteiger partial charge in [-0.25, -0.2) is 9.59 Å². The fourth-order valence-electron chi connectivity index (χ4n) is 1.31. The maximum Gasteiger partial charge on any atom is 0.341 e. The zero-order valence-electron chi connectivity index (χ0n) is 9.64. The minimum absolute atomic E-state index is 0.247. The van der Waals surface area contributed by atoms with Gasteiger partial charge in [0.1, 0.15) is 0 Å². The highest BCUT2D eigenvalue weighted by Gasteiger charge is 2.15. The third kappa shape index (κ3) is 3.37. The second-order valence-corrected chi connectivity index (χ2v) is 3.64. The van der Waals surface area contributed by atoms with Crippen LogP contribution >= 0.6 is 0 Å². The van der Waals surface area contributed by atoms with Crippen molar-refractivity contribution in [3.8, 4) is 0 Å². The van der Waals surface area contributed by atoms with Gasteiger partial charge in [-0.2, -0.15) is 0 Å². The van der Waals surface area contributed by atoms with Gasteiger partial charge in [0, 0.05) is 19.8 Å². The van der Waals surface area contributed by atoms with Crippen molar-refractivity contribution in [3.63, 3.8) is 0 Å². The molecule has 0 bridgehead atoms. The van der Waals surface area contributed by atoms with E-state index in [1.807, 2.05) is 0 Å². The predicted molar refractivity (Wildman–Crippen MR) is 63.1 cm³/mol. The number of carboxylic acid groups (broad SMARTS) is 1. The van der Waals surface area contributed by atoms with E-state index in [0.29, 0.717) is 11.4 Å². The summed E-state index contributed by atoms with van der Waals surface area (Å²) >= 11 is 0. The quantitative estimate of drug-likeness (QED) is 0.588. The van der Waals surface area contributed by atoms with E-state index in [4.69, 9.17) is 10.8 Å². The second kappa shape index (κ2) is 5.20. The topological polar surface area (TPSA) is 92.9 Å². The first-order valence-electron chi connectivity index (χ1n) is 4.87. The van der Waals surface area contributed by atoms with Gasteiger partial charge in [-0.1, -0.05) is 0 Å². The zero-order chi connectivity index (χ0) is 13.0. The Labute approximate surface area is 98.6 Å². The van der Waals surface area contributed by atoms with Crippen LogP contribution in [0.2, 0.25) is 0 Å². The van der Waals surface area contributed by atoms with Gasteiger partial charge < -0.3 is 20.5 Å². The molecule has 0 atom stereocenters. The van der Waals surface area contributed by atoms with E-state index < -0.39 is 18.5 Å². The van der Waals surface area contributed by atoms with E-state index in [1.54, 1.807) is 31.1 Å². The van der Waals surface area contributed by atoms with Crippen LogP contribution in [0.25, 0.3) is 0 Å². The number of nitrogens with two attached hydrogens (primary N) is 1. The van der Waals surface area contributed by atoms with E-state index in [9.17, 15) is 9.59 Å². The summed E-state index contributed by atoms with van der Waals surface area (Å²) in [6, 6.07) is 4.79. The van der Waals surface area contributed by atoms with Crippen LogP contribution in [0.5, 0.6) is 0 Å². The Morgan fingerprint density at radius 3 is 2.59 bits per heavy atom. The second-order valence-electron chi connectivity index (χ2n) is 3.64. The maximum absolute atomic E-state index is 11.7. The molecule has 0 saturated carbocycles. The van der Waals surface area contributed by atoms with Gasteiger partial charge in [0.15, 0.2) is 6.61 Å². The molecule has 0 aliphatic heterocycles. The molecule has 0 aliphatic rings. The van der Waals surface area contributed by atoms with Crippen molar-refractivity contribution in [2.75, 3.05) is 31.3 Å². The molecular weight excluding hydrogens is 224 g/mol. The van der Waals surface area contributed by atoms with Crippen molar-refractivity contribution < 1.29 is 19.4 Å². The fraction of sp³-hybridized carbons (Fsp3) is 0.273. The normalized spacial score (nSPS) is 9.76. The molecule has 0 spiro atoms. The molecular formula is C11H14N2O4. The molecule has 0 amide bonds. The average Bonchev–Trinajstić information content (AvgIpc) is 2.25. The Balaban J connectivity index is 2.98. The van der Waals surface area contributed by atoms with Gasteiger partial charge in [-0.15, -0.1) is 0 Å². The van der Waals surface area contributed by atoms with Gasteiger partial charge in [0.05, 0.1) is 11.3 Å². The molecule has 0 fully saturated rings. The predicted octanol–water partition coefficient (Wildman–Crippen LogP) is 0.576. The molecule has 3 N–H and O–H groups in total. The van der Waals surface area contributed by atoms with Gasteiger partial charge >= 0.3 is 11.9 Å². The van der Waals surface area contributed by atoms with E-state index in [1.165, 1.54) is 6.07 Å². The Kier molecular flexibility index (Phi) is 3.92. The Bertz CT molecular complexity index is 443. The van der Waals surface area contributed by atoms with Crippen LogP contribution in [0.1, 0.15) is 10.4 Å². The summed E-state index contributed by atoms with van der Waals surface area (Å²) in [5.74, 6) is -1.91. The van der Waals surface area contributed by atoms with E-state index >= 15 is 0 Å². The van der Waals surface area contributed by atoms with E-state index in [-0.39, 0.29) is 5.56 Å². The lowest BCUT2D eigenvalue weighted by molar-refractivity contribution is -0.140. The number of esters is 1. The first-order chi connectivity index (χ1) is 7.91. The molecule has 0 radical (unpaired) electrons. The van der Waals surface area contributed by atoms with Crippen LogP contribution in [0.4, 0.5) is 11.4 Å². The van der Waals surface area contributed by atoms with Crippen LogP contribution in [0.15, 0.2) is 18.2 Å². The number of nitrogens with zero attached hydrogens (tertiary/aromatic N) is 1. The fourth-order valence-corrected chi connectivity index (χ4v) is 1.31. The molecule has 1 rings (SSSR count). The Morgan fingerprint density at radius 1 is 1.41 bits per heavy atom. The molecule has 1 aromatic rings. The zero-order valence-corrected chi connectivity index (χ0v) is 9.64. The van der Waals surface area contributed by atoms with Crippen molar-refractivity contribution >= 4 is 23.3 Å². The summed E-state index contributed by atoms with van der Waals surface area (Å²) in [5, 5.41) is 8.43. The highest BCUT2D eigenvalue weighted by Crippen LogP contribution is 2.22. The van der Waals surface area contributed by atoms with Gasteiger partial charge in [-0.3, -0.25) is 0 Å². The number of carbonyl (C=O) groups excluding carboxylic acids is 1. The van der Waals surface area contributed by atoms with Crippen LogP contribution in [0, 0.1) is 0 Å². The molecule has 17 heavy (non-hydrogen) atoms. The number of hydrogen-bond acceptors (Lipinski definition) is 5. The number of benzene rings is 1. The number of anilines is 2. The van der Waals surface area contributed by atoms with Crippen molar-refractivity contribution in [1.29, 1.82) is 0 Å². The van der Waals surface area contributed by atoms with Crippen LogP contribution in [-0.4, -0.2) is 37.7 Å². The monoisotopic (exact) mass is 238 g/mol. The number of ether oxygens (including phenoxy) is 1. The van der Waals surface area contributed by atoms with Crippen LogP contribution in [-0.2, 0) is 9.53 Å². The van der Waals surface area contributed by atoms with E-state index in [2.05, 4.69) is 4.74 Å². The molecule has 0 saturated heterocycles.